The smallest absolute Gasteiger partial charge is 0.409 e. The number of alkyl carbamates (subject to hydrolysis) is 1. The molecule has 9 heteroatoms. The number of sulfone groups is 1. The van der Waals surface area contributed by atoms with Crippen LogP contribution in [0.15, 0.2) is 59.5 Å². The predicted octanol–water partition coefficient (Wildman–Crippen LogP) is 3.15. The van der Waals surface area contributed by atoms with Gasteiger partial charge in [-0.05, 0) is 23.3 Å². The van der Waals surface area contributed by atoms with E-state index in [9.17, 15) is 18.0 Å². The Kier molecular flexibility index (Phi) is 8.23. The highest BCUT2D eigenvalue weighted by atomic mass is 32.2. The maximum absolute atomic E-state index is 12.3. The van der Waals surface area contributed by atoms with Crippen molar-refractivity contribution in [3.63, 3.8) is 0 Å². The minimum absolute atomic E-state index is 0.00901. The number of amides is 2. The zero-order valence-electron chi connectivity index (χ0n) is 17.2. The quantitative estimate of drug-likeness (QED) is 0.685. The van der Waals surface area contributed by atoms with Crippen molar-refractivity contribution in [2.24, 2.45) is 0 Å². The lowest BCUT2D eigenvalue weighted by molar-refractivity contribution is 0.120. The number of hydrogen-bond acceptors (Lipinski definition) is 6. The van der Waals surface area contributed by atoms with Crippen LogP contribution in [-0.4, -0.2) is 52.0 Å². The van der Waals surface area contributed by atoms with Crippen LogP contribution in [0.1, 0.15) is 24.1 Å². The number of rotatable bonds is 8. The van der Waals surface area contributed by atoms with Gasteiger partial charge in [0.05, 0.1) is 23.8 Å². The summed E-state index contributed by atoms with van der Waals surface area (Å²) < 4.78 is 34.0. The summed E-state index contributed by atoms with van der Waals surface area (Å²) in [6.45, 7) is 1.77. The molecule has 0 aromatic heterocycles. The van der Waals surface area contributed by atoms with E-state index in [1.165, 1.54) is 31.2 Å². The van der Waals surface area contributed by atoms with Crippen LogP contribution in [0.5, 0.6) is 0 Å². The monoisotopic (exact) mass is 434 g/mol. The van der Waals surface area contributed by atoms with Gasteiger partial charge >= 0.3 is 12.2 Å². The molecular formula is C21H26N2O6S. The second-order valence-corrected chi connectivity index (χ2v) is 8.86. The van der Waals surface area contributed by atoms with E-state index in [2.05, 4.69) is 5.32 Å². The highest BCUT2D eigenvalue weighted by molar-refractivity contribution is 7.91. The Labute approximate surface area is 176 Å². The molecule has 162 valence electrons. The Morgan fingerprint density at radius 3 is 2.27 bits per heavy atom. The van der Waals surface area contributed by atoms with Crippen LogP contribution in [0.4, 0.5) is 9.59 Å². The summed E-state index contributed by atoms with van der Waals surface area (Å²) in [7, 11) is -0.543. The normalized spacial score (nSPS) is 12.0. The molecule has 8 nitrogen and oxygen atoms in total. The SMILES string of the molecule is CCS(=O)(=O)c1ccc([C@H](CN(C)C(=O)OC)NC(=O)OCc2ccccc2)cc1. The van der Waals surface area contributed by atoms with Gasteiger partial charge in [-0.15, -0.1) is 0 Å². The van der Waals surface area contributed by atoms with Gasteiger partial charge in [0.2, 0.25) is 0 Å². The summed E-state index contributed by atoms with van der Waals surface area (Å²) >= 11 is 0. The largest absolute Gasteiger partial charge is 0.453 e. The van der Waals surface area contributed by atoms with E-state index >= 15 is 0 Å². The fourth-order valence-corrected chi connectivity index (χ4v) is 3.60. The Hall–Kier alpha value is -3.07. The summed E-state index contributed by atoms with van der Waals surface area (Å²) in [5.74, 6) is -0.00901. The first kappa shape index (κ1) is 23.2. The van der Waals surface area contributed by atoms with Gasteiger partial charge in [0.25, 0.3) is 0 Å². The molecule has 1 atom stereocenters. The molecule has 0 saturated heterocycles. The molecule has 0 fully saturated rings. The summed E-state index contributed by atoms with van der Waals surface area (Å²) in [6.07, 6.45) is -1.22. The Morgan fingerprint density at radius 2 is 1.70 bits per heavy atom. The summed E-state index contributed by atoms with van der Waals surface area (Å²) in [5.41, 5.74) is 1.46. The van der Waals surface area contributed by atoms with E-state index in [0.717, 1.165) is 5.56 Å². The summed E-state index contributed by atoms with van der Waals surface area (Å²) in [4.78, 5) is 25.6. The van der Waals surface area contributed by atoms with Gasteiger partial charge < -0.3 is 19.7 Å². The van der Waals surface area contributed by atoms with E-state index in [-0.39, 0.29) is 23.8 Å². The Balaban J connectivity index is 2.15. The van der Waals surface area contributed by atoms with Crippen LogP contribution >= 0.6 is 0 Å². The van der Waals surface area contributed by atoms with Crippen molar-refractivity contribution in [1.82, 2.24) is 10.2 Å². The van der Waals surface area contributed by atoms with E-state index < -0.39 is 28.1 Å². The number of nitrogens with zero attached hydrogens (tertiary/aromatic N) is 1. The fourth-order valence-electron chi connectivity index (χ4n) is 2.72. The minimum Gasteiger partial charge on any atom is -0.453 e. The highest BCUT2D eigenvalue weighted by Crippen LogP contribution is 2.19. The van der Waals surface area contributed by atoms with E-state index in [1.807, 2.05) is 30.3 Å². The molecule has 30 heavy (non-hydrogen) atoms. The second-order valence-electron chi connectivity index (χ2n) is 6.58. The maximum atomic E-state index is 12.3. The van der Waals surface area contributed by atoms with Gasteiger partial charge in [0.15, 0.2) is 9.84 Å². The zero-order chi connectivity index (χ0) is 22.1. The molecular weight excluding hydrogens is 408 g/mol. The maximum Gasteiger partial charge on any atom is 0.409 e. The molecule has 0 aliphatic carbocycles. The van der Waals surface area contributed by atoms with Crippen molar-refractivity contribution in [1.29, 1.82) is 0 Å². The number of methoxy groups -OCH3 is 1. The first-order valence-electron chi connectivity index (χ1n) is 9.35. The molecule has 2 aromatic rings. The molecule has 2 amide bonds. The molecule has 0 spiro atoms. The molecule has 0 saturated carbocycles. The van der Waals surface area contributed by atoms with Gasteiger partial charge in [0, 0.05) is 13.6 Å². The molecule has 0 unspecified atom stereocenters. The molecule has 0 aliphatic heterocycles. The number of carbonyl (C=O) groups is 2. The van der Waals surface area contributed by atoms with Crippen molar-refractivity contribution in [2.75, 3.05) is 26.5 Å². The second kappa shape index (κ2) is 10.6. The third-order valence-electron chi connectivity index (χ3n) is 4.47. The van der Waals surface area contributed by atoms with E-state index in [0.29, 0.717) is 5.56 Å². The van der Waals surface area contributed by atoms with Gasteiger partial charge in [-0.25, -0.2) is 18.0 Å². The molecule has 1 N–H and O–H groups in total. The van der Waals surface area contributed by atoms with Crippen LogP contribution in [0.2, 0.25) is 0 Å². The van der Waals surface area contributed by atoms with Gasteiger partial charge in [0.1, 0.15) is 6.61 Å². The van der Waals surface area contributed by atoms with Crippen molar-refractivity contribution >= 4 is 22.0 Å². The van der Waals surface area contributed by atoms with Crippen molar-refractivity contribution in [2.45, 2.75) is 24.5 Å². The first-order chi connectivity index (χ1) is 14.3. The number of carbonyl (C=O) groups excluding carboxylic acids is 2. The lowest BCUT2D eigenvalue weighted by Crippen LogP contribution is -2.39. The number of benzene rings is 2. The predicted molar refractivity (Wildman–Crippen MR) is 112 cm³/mol. The van der Waals surface area contributed by atoms with E-state index in [1.54, 1.807) is 19.1 Å². The number of likely N-dealkylation sites (N-methyl/N-ethyl adjacent to an activating group) is 1. The van der Waals surface area contributed by atoms with E-state index in [4.69, 9.17) is 9.47 Å². The summed E-state index contributed by atoms with van der Waals surface area (Å²) in [6, 6.07) is 14.8. The summed E-state index contributed by atoms with van der Waals surface area (Å²) in [5, 5.41) is 2.73. The molecule has 0 aliphatic rings. The Bertz CT molecular complexity index is 945. The topological polar surface area (TPSA) is 102 Å². The highest BCUT2D eigenvalue weighted by Gasteiger charge is 2.21. The average Bonchev–Trinajstić information content (AvgIpc) is 2.77. The number of nitrogens with one attached hydrogen (secondary N) is 1. The number of hydrogen-bond donors (Lipinski definition) is 1. The van der Waals surface area contributed by atoms with Gasteiger partial charge in [-0.1, -0.05) is 49.4 Å². The third kappa shape index (κ3) is 6.48. The van der Waals surface area contributed by atoms with Crippen molar-refractivity contribution < 1.29 is 27.5 Å². The van der Waals surface area contributed by atoms with Crippen LogP contribution in [0.25, 0.3) is 0 Å². The molecule has 0 radical (unpaired) electrons. The Morgan fingerprint density at radius 1 is 1.07 bits per heavy atom. The molecule has 0 heterocycles. The third-order valence-corrected chi connectivity index (χ3v) is 6.22. The van der Waals surface area contributed by atoms with Crippen LogP contribution < -0.4 is 5.32 Å². The number of ether oxygens (including phenoxy) is 2. The van der Waals surface area contributed by atoms with Crippen molar-refractivity contribution in [3.05, 3.63) is 65.7 Å². The van der Waals surface area contributed by atoms with Crippen LogP contribution in [0, 0.1) is 0 Å². The lowest BCUT2D eigenvalue weighted by atomic mass is 10.1. The van der Waals surface area contributed by atoms with Gasteiger partial charge in [-0.2, -0.15) is 0 Å². The standard InChI is InChI=1S/C21H26N2O6S/c1-4-30(26,27)18-12-10-17(11-13-18)19(14-23(2)21(25)28-3)22-20(24)29-15-16-8-6-5-7-9-16/h5-13,19H,4,14-15H2,1-3H3,(H,22,24)/t19-/m0/s1. The first-order valence-corrected chi connectivity index (χ1v) is 11.0. The molecule has 2 aromatic carbocycles. The zero-order valence-corrected chi connectivity index (χ0v) is 18.0. The fraction of sp³-hybridized carbons (Fsp3) is 0.333. The molecule has 0 bridgehead atoms. The average molecular weight is 435 g/mol. The lowest BCUT2D eigenvalue weighted by Gasteiger charge is -2.24. The molecule has 2 rings (SSSR count). The minimum atomic E-state index is -3.34. The van der Waals surface area contributed by atoms with Gasteiger partial charge in [-0.3, -0.25) is 0 Å². The van der Waals surface area contributed by atoms with Crippen LogP contribution in [0.3, 0.4) is 0 Å². The van der Waals surface area contributed by atoms with Crippen molar-refractivity contribution in [3.8, 4) is 0 Å². The van der Waals surface area contributed by atoms with Crippen LogP contribution in [-0.2, 0) is 25.9 Å².